The Morgan fingerprint density at radius 2 is 1.96 bits per heavy atom. The molecule has 1 fully saturated rings. The predicted molar refractivity (Wildman–Crippen MR) is 90.3 cm³/mol. The second-order valence-electron chi connectivity index (χ2n) is 5.52. The van der Waals surface area contributed by atoms with Crippen LogP contribution >= 0.6 is 11.6 Å². The quantitative estimate of drug-likeness (QED) is 0.854. The summed E-state index contributed by atoms with van der Waals surface area (Å²) in [5.74, 6) is -0.0702. The fraction of sp³-hybridized carbons (Fsp3) is 0.278. The largest absolute Gasteiger partial charge is 0.391 e. The van der Waals surface area contributed by atoms with Gasteiger partial charge >= 0.3 is 0 Å². The molecule has 1 aliphatic heterocycles. The molecule has 5 heteroatoms. The van der Waals surface area contributed by atoms with Crippen LogP contribution in [0.4, 0.5) is 4.39 Å². The molecule has 0 amide bonds. The standard InChI is InChI=1S/C18H18ClFN2O/c19-17-4-2-1-3-14(17)12-23-22-18-11-21-10-9-16(18)13-5-7-15(20)8-6-13/h1-8,16,21H,9-12H2/b22-18-. The molecule has 0 aliphatic carbocycles. The molecular formula is C18H18ClFN2O. The van der Waals surface area contributed by atoms with Crippen LogP contribution in [0.2, 0.25) is 5.02 Å². The molecule has 1 unspecified atom stereocenters. The average Bonchev–Trinajstić information content (AvgIpc) is 2.58. The van der Waals surface area contributed by atoms with Crippen LogP contribution in [-0.2, 0) is 11.4 Å². The number of rotatable bonds is 4. The Morgan fingerprint density at radius 1 is 1.17 bits per heavy atom. The molecule has 23 heavy (non-hydrogen) atoms. The molecule has 1 N–H and O–H groups in total. The van der Waals surface area contributed by atoms with Gasteiger partial charge in [0.25, 0.3) is 0 Å². The van der Waals surface area contributed by atoms with Crippen LogP contribution in [0.3, 0.4) is 0 Å². The van der Waals surface area contributed by atoms with Gasteiger partial charge in [-0.1, -0.05) is 47.1 Å². The zero-order valence-electron chi connectivity index (χ0n) is 12.6. The highest BCUT2D eigenvalue weighted by Gasteiger charge is 2.22. The Bertz CT molecular complexity index is 688. The van der Waals surface area contributed by atoms with Crippen LogP contribution < -0.4 is 5.32 Å². The third-order valence-corrected chi connectivity index (χ3v) is 4.32. The van der Waals surface area contributed by atoms with E-state index in [9.17, 15) is 4.39 Å². The smallest absolute Gasteiger partial charge is 0.143 e. The van der Waals surface area contributed by atoms with Crippen molar-refractivity contribution in [1.82, 2.24) is 5.32 Å². The SMILES string of the molecule is Fc1ccc(C2CCNC/C2=N/OCc2ccccc2Cl)cc1. The van der Waals surface area contributed by atoms with Crippen molar-refractivity contribution in [2.75, 3.05) is 13.1 Å². The van der Waals surface area contributed by atoms with Crippen molar-refractivity contribution < 1.29 is 9.23 Å². The number of hydrogen-bond donors (Lipinski definition) is 1. The Morgan fingerprint density at radius 3 is 2.74 bits per heavy atom. The molecule has 120 valence electrons. The Balaban J connectivity index is 1.71. The number of halogens is 2. The van der Waals surface area contributed by atoms with E-state index < -0.39 is 0 Å². The van der Waals surface area contributed by atoms with Gasteiger partial charge in [0, 0.05) is 23.0 Å². The lowest BCUT2D eigenvalue weighted by Crippen LogP contribution is -2.36. The minimum absolute atomic E-state index is 0.156. The molecule has 1 heterocycles. The van der Waals surface area contributed by atoms with Crippen molar-refractivity contribution in [3.63, 3.8) is 0 Å². The maximum atomic E-state index is 13.1. The Hall–Kier alpha value is -1.91. The van der Waals surface area contributed by atoms with Gasteiger partial charge < -0.3 is 10.2 Å². The van der Waals surface area contributed by atoms with Gasteiger partial charge in [-0.2, -0.15) is 0 Å². The van der Waals surface area contributed by atoms with Gasteiger partial charge in [0.2, 0.25) is 0 Å². The molecule has 0 bridgehead atoms. The molecule has 0 aromatic heterocycles. The minimum atomic E-state index is -0.226. The summed E-state index contributed by atoms with van der Waals surface area (Å²) in [4.78, 5) is 5.50. The fourth-order valence-electron chi connectivity index (χ4n) is 2.70. The van der Waals surface area contributed by atoms with Crippen LogP contribution in [0.25, 0.3) is 0 Å². The molecule has 2 aromatic rings. The topological polar surface area (TPSA) is 33.6 Å². The summed E-state index contributed by atoms with van der Waals surface area (Å²) in [6, 6.07) is 14.1. The summed E-state index contributed by atoms with van der Waals surface area (Å²) >= 11 is 6.11. The fourth-order valence-corrected chi connectivity index (χ4v) is 2.89. The highest BCUT2D eigenvalue weighted by molar-refractivity contribution is 6.31. The first-order valence-electron chi connectivity index (χ1n) is 7.62. The summed E-state index contributed by atoms with van der Waals surface area (Å²) in [7, 11) is 0. The van der Waals surface area contributed by atoms with Crippen molar-refractivity contribution in [1.29, 1.82) is 0 Å². The van der Waals surface area contributed by atoms with Crippen LogP contribution in [0, 0.1) is 5.82 Å². The van der Waals surface area contributed by atoms with E-state index in [1.54, 1.807) is 0 Å². The lowest BCUT2D eigenvalue weighted by atomic mass is 9.88. The highest BCUT2D eigenvalue weighted by atomic mass is 35.5. The first kappa shape index (κ1) is 16.0. The molecule has 1 atom stereocenters. The second-order valence-corrected chi connectivity index (χ2v) is 5.92. The predicted octanol–water partition coefficient (Wildman–Crippen LogP) is 4.13. The second kappa shape index (κ2) is 7.57. The third-order valence-electron chi connectivity index (χ3n) is 3.95. The first-order chi connectivity index (χ1) is 11.2. The first-order valence-corrected chi connectivity index (χ1v) is 8.00. The summed E-state index contributed by atoms with van der Waals surface area (Å²) in [5.41, 5.74) is 2.89. The van der Waals surface area contributed by atoms with Crippen LogP contribution in [0.5, 0.6) is 0 Å². The van der Waals surface area contributed by atoms with E-state index in [2.05, 4.69) is 10.5 Å². The maximum Gasteiger partial charge on any atom is 0.143 e. The monoisotopic (exact) mass is 332 g/mol. The van der Waals surface area contributed by atoms with Crippen molar-refractivity contribution >= 4 is 17.3 Å². The molecule has 0 saturated carbocycles. The Kier molecular flexibility index (Phi) is 5.26. The average molecular weight is 333 g/mol. The molecule has 0 radical (unpaired) electrons. The zero-order chi connectivity index (χ0) is 16.1. The van der Waals surface area contributed by atoms with E-state index in [0.29, 0.717) is 18.2 Å². The minimum Gasteiger partial charge on any atom is -0.391 e. The molecule has 0 spiro atoms. The van der Waals surface area contributed by atoms with E-state index in [1.165, 1.54) is 12.1 Å². The van der Waals surface area contributed by atoms with Gasteiger partial charge in [-0.3, -0.25) is 0 Å². The number of oxime groups is 1. The van der Waals surface area contributed by atoms with Crippen LogP contribution in [-0.4, -0.2) is 18.8 Å². The molecular weight excluding hydrogens is 315 g/mol. The van der Waals surface area contributed by atoms with E-state index in [0.717, 1.165) is 29.8 Å². The molecule has 3 nitrogen and oxygen atoms in total. The van der Waals surface area contributed by atoms with Gasteiger partial charge in [-0.05, 0) is 36.7 Å². The van der Waals surface area contributed by atoms with Gasteiger partial charge in [0.15, 0.2) is 0 Å². The van der Waals surface area contributed by atoms with Gasteiger partial charge in [0.1, 0.15) is 12.4 Å². The lowest BCUT2D eigenvalue weighted by Gasteiger charge is -2.24. The van der Waals surface area contributed by atoms with Gasteiger partial charge in [-0.25, -0.2) is 4.39 Å². The summed E-state index contributed by atoms with van der Waals surface area (Å²) in [5, 5.41) is 8.27. The summed E-state index contributed by atoms with van der Waals surface area (Å²) < 4.78 is 13.1. The molecule has 2 aromatic carbocycles. The van der Waals surface area contributed by atoms with E-state index in [4.69, 9.17) is 16.4 Å². The normalized spacial score (nSPS) is 19.7. The molecule has 1 aliphatic rings. The van der Waals surface area contributed by atoms with Crippen molar-refractivity contribution in [3.05, 3.63) is 70.5 Å². The molecule has 3 rings (SSSR count). The van der Waals surface area contributed by atoms with Gasteiger partial charge in [-0.15, -0.1) is 0 Å². The van der Waals surface area contributed by atoms with Crippen LogP contribution in [0.1, 0.15) is 23.5 Å². The maximum absolute atomic E-state index is 13.1. The number of piperidine rings is 1. The lowest BCUT2D eigenvalue weighted by molar-refractivity contribution is 0.128. The van der Waals surface area contributed by atoms with E-state index >= 15 is 0 Å². The van der Waals surface area contributed by atoms with E-state index in [-0.39, 0.29) is 11.7 Å². The van der Waals surface area contributed by atoms with Crippen LogP contribution in [0.15, 0.2) is 53.7 Å². The number of nitrogens with zero attached hydrogens (tertiary/aromatic N) is 1. The summed E-state index contributed by atoms with van der Waals surface area (Å²) in [6.07, 6.45) is 0.917. The van der Waals surface area contributed by atoms with Crippen molar-refractivity contribution in [2.45, 2.75) is 18.9 Å². The highest BCUT2D eigenvalue weighted by Crippen LogP contribution is 2.24. The van der Waals surface area contributed by atoms with Crippen molar-refractivity contribution in [2.24, 2.45) is 5.16 Å². The molecule has 1 saturated heterocycles. The summed E-state index contributed by atoms with van der Waals surface area (Å²) in [6.45, 7) is 1.91. The number of benzene rings is 2. The van der Waals surface area contributed by atoms with Crippen molar-refractivity contribution in [3.8, 4) is 0 Å². The van der Waals surface area contributed by atoms with E-state index in [1.807, 2.05) is 36.4 Å². The van der Waals surface area contributed by atoms with Gasteiger partial charge in [0.05, 0.1) is 5.71 Å². The number of hydrogen-bond acceptors (Lipinski definition) is 3. The third kappa shape index (κ3) is 4.09. The number of nitrogens with one attached hydrogen (secondary N) is 1. The Labute approximate surface area is 140 Å². The zero-order valence-corrected chi connectivity index (χ0v) is 13.4.